The molecule has 3 aromatic rings. The fraction of sp³-hybridized carbons (Fsp3) is 0.533. The number of aromatic nitrogens is 3. The van der Waals surface area contributed by atoms with E-state index in [1.165, 1.54) is 0 Å². The molecule has 0 bridgehead atoms. The maximum Gasteiger partial charge on any atom is 0.410 e. The average molecular weight is 597 g/mol. The van der Waals surface area contributed by atoms with Gasteiger partial charge < -0.3 is 29.0 Å². The molecule has 42 heavy (non-hydrogen) atoms. The number of aromatic amines is 1. The van der Waals surface area contributed by atoms with Gasteiger partial charge in [0.05, 0.1) is 55.4 Å². The zero-order chi connectivity index (χ0) is 29.6. The van der Waals surface area contributed by atoms with Crippen LogP contribution in [0.25, 0.3) is 22.4 Å². The third-order valence-corrected chi connectivity index (χ3v) is 8.29. The van der Waals surface area contributed by atoms with Gasteiger partial charge in [-0.25, -0.2) is 19.6 Å². The van der Waals surface area contributed by atoms with Crippen LogP contribution in [0.15, 0.2) is 24.5 Å². The Hall–Kier alpha value is -3.41. The van der Waals surface area contributed by atoms with Crippen molar-refractivity contribution < 1.29 is 23.8 Å². The molecule has 1 aromatic carbocycles. The normalized spacial score (nSPS) is 21.4. The van der Waals surface area contributed by atoms with Crippen LogP contribution in [0.5, 0.6) is 0 Å². The Bertz CT molecular complexity index is 1500. The van der Waals surface area contributed by atoms with E-state index in [-0.39, 0.29) is 18.2 Å². The van der Waals surface area contributed by atoms with Gasteiger partial charge in [0.25, 0.3) is 0 Å². The predicted molar refractivity (Wildman–Crippen MR) is 157 cm³/mol. The number of H-pyrrole nitrogens is 1. The quantitative estimate of drug-likeness (QED) is 0.453. The van der Waals surface area contributed by atoms with E-state index in [0.717, 1.165) is 22.3 Å². The lowest BCUT2D eigenvalue weighted by molar-refractivity contribution is -0.0334. The summed E-state index contributed by atoms with van der Waals surface area (Å²) in [6, 6.07) is 3.80. The Balaban J connectivity index is 1.41. The predicted octanol–water partition coefficient (Wildman–Crippen LogP) is 4.79. The Morgan fingerprint density at radius 2 is 1.86 bits per heavy atom. The van der Waals surface area contributed by atoms with Crippen molar-refractivity contribution in [1.29, 1.82) is 0 Å². The van der Waals surface area contributed by atoms with Gasteiger partial charge >= 0.3 is 12.1 Å². The zero-order valence-electron chi connectivity index (χ0n) is 24.5. The highest BCUT2D eigenvalue weighted by atomic mass is 35.5. The number of ether oxygens (including phenoxy) is 3. The van der Waals surface area contributed by atoms with Gasteiger partial charge in [0, 0.05) is 37.9 Å². The highest BCUT2D eigenvalue weighted by molar-refractivity contribution is 6.34. The summed E-state index contributed by atoms with van der Waals surface area (Å²) < 4.78 is 17.3. The molecule has 0 unspecified atom stereocenters. The standard InChI is InChI=1S/C30H37ClN6O5/c1-18-16-40-9-7-36(18)28(38)35-6-5-19-11-20(24-14-33-27-26(34-24)23(31)13-32-27)12-21(22(19)15-35)25-17-41-10-8-37(25)29(39)42-30(2,3)4/h11-14,18,25H,5-10,15-17H2,1-4H3,(H,32,33)/t18-,25-/m0/s1. The number of hydrogen-bond donors (Lipinski definition) is 1. The number of amides is 3. The number of benzene rings is 1. The Morgan fingerprint density at radius 1 is 1.10 bits per heavy atom. The second-order valence-corrected chi connectivity index (χ2v) is 12.5. The zero-order valence-corrected chi connectivity index (χ0v) is 25.2. The monoisotopic (exact) mass is 596 g/mol. The number of carbonyl (C=O) groups is 2. The number of rotatable bonds is 2. The van der Waals surface area contributed by atoms with E-state index in [1.54, 1.807) is 17.3 Å². The maximum atomic E-state index is 13.7. The van der Waals surface area contributed by atoms with E-state index < -0.39 is 11.6 Å². The van der Waals surface area contributed by atoms with Gasteiger partial charge in [0.2, 0.25) is 0 Å². The van der Waals surface area contributed by atoms with Gasteiger partial charge in [-0.2, -0.15) is 0 Å². The summed E-state index contributed by atoms with van der Waals surface area (Å²) in [5.41, 5.74) is 5.17. The molecule has 2 atom stereocenters. The number of carbonyl (C=O) groups excluding carboxylic acids is 2. The van der Waals surface area contributed by atoms with Crippen molar-refractivity contribution in [2.75, 3.05) is 46.1 Å². The SMILES string of the molecule is C[C@H]1COCCN1C(=O)N1CCc2cc(-c3cnc4[nH]cc(Cl)c4n3)cc([C@@H]3COCCN3C(=O)OC(C)(C)C)c2C1. The summed E-state index contributed by atoms with van der Waals surface area (Å²) in [5, 5.41) is 0.501. The van der Waals surface area contributed by atoms with Crippen LogP contribution < -0.4 is 0 Å². The number of hydrogen-bond acceptors (Lipinski definition) is 7. The van der Waals surface area contributed by atoms with E-state index in [0.29, 0.717) is 80.9 Å². The van der Waals surface area contributed by atoms with Gasteiger partial charge in [0.1, 0.15) is 11.1 Å². The first-order valence-electron chi connectivity index (χ1n) is 14.5. The average Bonchev–Trinajstić information content (AvgIpc) is 3.35. The van der Waals surface area contributed by atoms with Crippen LogP contribution in [-0.2, 0) is 27.2 Å². The molecule has 1 N–H and O–H groups in total. The molecule has 3 amide bonds. The van der Waals surface area contributed by atoms with Crippen LogP contribution >= 0.6 is 11.6 Å². The summed E-state index contributed by atoms with van der Waals surface area (Å²) >= 11 is 6.37. The molecule has 2 fully saturated rings. The number of morpholine rings is 2. The number of nitrogens with zero attached hydrogens (tertiary/aromatic N) is 5. The molecule has 0 saturated carbocycles. The van der Waals surface area contributed by atoms with Crippen LogP contribution in [0.1, 0.15) is 50.4 Å². The van der Waals surface area contributed by atoms with Crippen molar-refractivity contribution in [3.8, 4) is 11.3 Å². The molecular weight excluding hydrogens is 560 g/mol. The third kappa shape index (κ3) is 5.65. The molecule has 2 aromatic heterocycles. The molecule has 12 heteroatoms. The van der Waals surface area contributed by atoms with Gasteiger partial charge in [0.15, 0.2) is 5.65 Å². The van der Waals surface area contributed by atoms with Crippen molar-refractivity contribution >= 4 is 34.9 Å². The maximum absolute atomic E-state index is 13.7. The second kappa shape index (κ2) is 11.3. The van der Waals surface area contributed by atoms with Crippen molar-refractivity contribution in [2.45, 2.75) is 58.3 Å². The Labute approximate surface area is 250 Å². The first-order chi connectivity index (χ1) is 20.1. The summed E-state index contributed by atoms with van der Waals surface area (Å²) in [5.74, 6) is 0. The number of urea groups is 1. The summed E-state index contributed by atoms with van der Waals surface area (Å²) in [6.45, 7) is 11.4. The van der Waals surface area contributed by atoms with Gasteiger partial charge in [-0.1, -0.05) is 11.6 Å². The summed E-state index contributed by atoms with van der Waals surface area (Å²) in [4.78, 5) is 45.0. The fourth-order valence-corrected chi connectivity index (χ4v) is 6.09. The first-order valence-corrected chi connectivity index (χ1v) is 14.8. The number of halogens is 1. The van der Waals surface area contributed by atoms with Crippen LogP contribution in [0, 0.1) is 0 Å². The van der Waals surface area contributed by atoms with Gasteiger partial charge in [-0.3, -0.25) is 4.90 Å². The molecule has 224 valence electrons. The lowest BCUT2D eigenvalue weighted by Crippen LogP contribution is -2.53. The molecule has 3 aliphatic heterocycles. The molecular formula is C30H37ClN6O5. The molecule has 0 aliphatic carbocycles. The van der Waals surface area contributed by atoms with E-state index in [9.17, 15) is 9.59 Å². The lowest BCUT2D eigenvalue weighted by Gasteiger charge is -2.41. The van der Waals surface area contributed by atoms with E-state index in [1.807, 2.05) is 37.5 Å². The third-order valence-electron chi connectivity index (χ3n) is 8.01. The molecule has 11 nitrogen and oxygen atoms in total. The fourth-order valence-electron chi connectivity index (χ4n) is 5.90. The molecule has 2 saturated heterocycles. The minimum Gasteiger partial charge on any atom is -0.444 e. The second-order valence-electron chi connectivity index (χ2n) is 12.1. The molecule has 3 aliphatic rings. The highest BCUT2D eigenvalue weighted by Crippen LogP contribution is 2.37. The summed E-state index contributed by atoms with van der Waals surface area (Å²) in [7, 11) is 0. The van der Waals surface area contributed by atoms with Crippen molar-refractivity contribution in [3.63, 3.8) is 0 Å². The largest absolute Gasteiger partial charge is 0.444 e. The molecule has 0 radical (unpaired) electrons. The Kier molecular flexibility index (Phi) is 7.75. The minimum atomic E-state index is -0.639. The van der Waals surface area contributed by atoms with E-state index in [2.05, 4.69) is 22.1 Å². The van der Waals surface area contributed by atoms with Crippen molar-refractivity contribution in [1.82, 2.24) is 29.7 Å². The van der Waals surface area contributed by atoms with Crippen LogP contribution in [0.3, 0.4) is 0 Å². The number of fused-ring (bicyclic) bond motifs is 2. The van der Waals surface area contributed by atoms with Crippen LogP contribution in [0.2, 0.25) is 5.02 Å². The number of nitrogens with one attached hydrogen (secondary N) is 1. The first kappa shape index (κ1) is 28.7. The topological polar surface area (TPSA) is 113 Å². The van der Waals surface area contributed by atoms with Crippen LogP contribution in [-0.4, -0.2) is 99.5 Å². The molecule has 6 rings (SSSR count). The highest BCUT2D eigenvalue weighted by Gasteiger charge is 2.37. The Morgan fingerprint density at radius 3 is 2.62 bits per heavy atom. The van der Waals surface area contributed by atoms with Gasteiger partial charge in [-0.15, -0.1) is 0 Å². The van der Waals surface area contributed by atoms with Crippen LogP contribution in [0.4, 0.5) is 9.59 Å². The van der Waals surface area contributed by atoms with E-state index >= 15 is 0 Å². The van der Waals surface area contributed by atoms with E-state index in [4.69, 9.17) is 30.8 Å². The smallest absolute Gasteiger partial charge is 0.410 e. The summed E-state index contributed by atoms with van der Waals surface area (Å²) in [6.07, 6.45) is 3.68. The minimum absolute atomic E-state index is 0.00814. The van der Waals surface area contributed by atoms with Crippen molar-refractivity contribution in [3.05, 3.63) is 46.2 Å². The van der Waals surface area contributed by atoms with Crippen molar-refractivity contribution in [2.24, 2.45) is 0 Å². The lowest BCUT2D eigenvalue weighted by atomic mass is 9.87. The molecule has 5 heterocycles. The molecule has 0 spiro atoms. The van der Waals surface area contributed by atoms with Gasteiger partial charge in [-0.05, 0) is 62.9 Å².